The summed E-state index contributed by atoms with van der Waals surface area (Å²) in [5, 5.41) is 2.31. The lowest BCUT2D eigenvalue weighted by molar-refractivity contribution is 0.134. The molecule has 1 N–H and O–H groups in total. The lowest BCUT2D eigenvalue weighted by atomic mass is 10.2. The van der Waals surface area contributed by atoms with Gasteiger partial charge in [0.2, 0.25) is 11.6 Å². The third-order valence-electron chi connectivity index (χ3n) is 2.67. The van der Waals surface area contributed by atoms with Crippen LogP contribution in [0.4, 0.5) is 28.9 Å². The smallest absolute Gasteiger partial charge is 0.253 e. The first-order valence-electron chi connectivity index (χ1n) is 6.16. The van der Waals surface area contributed by atoms with Crippen LogP contribution >= 0.6 is 0 Å². The Kier molecular flexibility index (Phi) is 4.74. The number of aromatic nitrogens is 1. The van der Waals surface area contributed by atoms with Gasteiger partial charge in [0.05, 0.1) is 6.61 Å². The molecule has 112 valence electrons. The van der Waals surface area contributed by atoms with Gasteiger partial charge in [-0.25, -0.2) is 0 Å². The van der Waals surface area contributed by atoms with Crippen LogP contribution in [0.1, 0.15) is 12.5 Å². The third-order valence-corrected chi connectivity index (χ3v) is 2.67. The molecule has 0 spiro atoms. The number of anilines is 2. The monoisotopic (exact) mass is 300 g/mol. The van der Waals surface area contributed by atoms with Gasteiger partial charge >= 0.3 is 0 Å². The van der Waals surface area contributed by atoms with Gasteiger partial charge in [0.1, 0.15) is 5.69 Å². The first kappa shape index (κ1) is 15.2. The number of pyridine rings is 1. The molecule has 0 bridgehead atoms. The SMILES string of the molecule is CCOCc1cccc(Nc2c(F)c(F)nc(F)c2F)c1. The molecule has 0 aliphatic rings. The number of hydrogen-bond acceptors (Lipinski definition) is 3. The van der Waals surface area contributed by atoms with Crippen LogP contribution in [-0.4, -0.2) is 11.6 Å². The summed E-state index contributed by atoms with van der Waals surface area (Å²) in [4.78, 5) is 2.49. The number of rotatable bonds is 5. The number of hydrogen-bond donors (Lipinski definition) is 1. The minimum absolute atomic E-state index is 0.273. The average Bonchev–Trinajstić information content (AvgIpc) is 2.48. The number of benzene rings is 1. The van der Waals surface area contributed by atoms with E-state index in [1.54, 1.807) is 18.2 Å². The highest BCUT2D eigenvalue weighted by atomic mass is 19.2. The first-order chi connectivity index (χ1) is 10.0. The molecule has 21 heavy (non-hydrogen) atoms. The highest BCUT2D eigenvalue weighted by Gasteiger charge is 2.20. The summed E-state index contributed by atoms with van der Waals surface area (Å²) in [6.07, 6.45) is 0. The lowest BCUT2D eigenvalue weighted by Crippen LogP contribution is -2.06. The quantitative estimate of drug-likeness (QED) is 0.671. The normalized spacial score (nSPS) is 10.7. The molecule has 0 atom stereocenters. The molecule has 1 aromatic carbocycles. The molecular formula is C14H12F4N2O. The highest BCUT2D eigenvalue weighted by Crippen LogP contribution is 2.26. The highest BCUT2D eigenvalue weighted by molar-refractivity contribution is 5.61. The van der Waals surface area contributed by atoms with E-state index in [-0.39, 0.29) is 5.69 Å². The summed E-state index contributed by atoms with van der Waals surface area (Å²) in [7, 11) is 0. The second-order valence-corrected chi connectivity index (χ2v) is 4.16. The van der Waals surface area contributed by atoms with E-state index in [9.17, 15) is 17.6 Å². The summed E-state index contributed by atoms with van der Waals surface area (Å²) < 4.78 is 58.2. The van der Waals surface area contributed by atoms with E-state index >= 15 is 0 Å². The van der Waals surface area contributed by atoms with Gasteiger partial charge in [-0.1, -0.05) is 12.1 Å². The van der Waals surface area contributed by atoms with E-state index in [0.717, 1.165) is 5.56 Å². The lowest BCUT2D eigenvalue weighted by Gasteiger charge is -2.10. The maximum Gasteiger partial charge on any atom is 0.253 e. The fraction of sp³-hybridized carbons (Fsp3) is 0.214. The summed E-state index contributed by atoms with van der Waals surface area (Å²) in [6, 6.07) is 6.44. The minimum Gasteiger partial charge on any atom is -0.377 e. The average molecular weight is 300 g/mol. The number of halogens is 4. The van der Waals surface area contributed by atoms with Gasteiger partial charge in [-0.3, -0.25) is 0 Å². The topological polar surface area (TPSA) is 34.1 Å². The van der Waals surface area contributed by atoms with Gasteiger partial charge in [-0.05, 0) is 24.6 Å². The number of nitrogens with zero attached hydrogens (tertiary/aromatic N) is 1. The largest absolute Gasteiger partial charge is 0.377 e. The molecule has 0 unspecified atom stereocenters. The van der Waals surface area contributed by atoms with Crippen LogP contribution in [0.3, 0.4) is 0 Å². The van der Waals surface area contributed by atoms with Crippen LogP contribution < -0.4 is 5.32 Å². The molecule has 2 rings (SSSR count). The zero-order valence-electron chi connectivity index (χ0n) is 11.1. The Bertz CT molecular complexity index is 623. The van der Waals surface area contributed by atoms with Crippen molar-refractivity contribution >= 4 is 11.4 Å². The first-order valence-corrected chi connectivity index (χ1v) is 6.16. The summed E-state index contributed by atoms with van der Waals surface area (Å²) in [5.41, 5.74) is 0.0984. The maximum atomic E-state index is 13.5. The van der Waals surface area contributed by atoms with Crippen LogP contribution in [0.15, 0.2) is 24.3 Å². The predicted molar refractivity (Wildman–Crippen MR) is 69.1 cm³/mol. The molecule has 2 aromatic rings. The van der Waals surface area contributed by atoms with Crippen molar-refractivity contribution in [3.05, 3.63) is 53.4 Å². The van der Waals surface area contributed by atoms with Gasteiger partial charge < -0.3 is 10.1 Å². The molecule has 0 aliphatic carbocycles. The second kappa shape index (κ2) is 6.53. The predicted octanol–water partition coefficient (Wildman–Crippen LogP) is 3.92. The van der Waals surface area contributed by atoms with Crippen molar-refractivity contribution in [2.45, 2.75) is 13.5 Å². The summed E-state index contributed by atoms with van der Waals surface area (Å²) >= 11 is 0. The van der Waals surface area contributed by atoms with Crippen LogP contribution in [0.2, 0.25) is 0 Å². The molecule has 0 saturated carbocycles. The number of ether oxygens (including phenoxy) is 1. The van der Waals surface area contributed by atoms with Crippen molar-refractivity contribution in [3.63, 3.8) is 0 Å². The molecule has 0 radical (unpaired) electrons. The molecule has 0 saturated heterocycles. The van der Waals surface area contributed by atoms with Crippen LogP contribution in [0.25, 0.3) is 0 Å². The Morgan fingerprint density at radius 1 is 1.10 bits per heavy atom. The number of nitrogens with one attached hydrogen (secondary N) is 1. The van der Waals surface area contributed by atoms with Crippen molar-refractivity contribution in [1.82, 2.24) is 4.98 Å². The minimum atomic E-state index is -1.71. The third kappa shape index (κ3) is 3.49. The van der Waals surface area contributed by atoms with Crippen molar-refractivity contribution < 1.29 is 22.3 Å². The zero-order valence-corrected chi connectivity index (χ0v) is 11.1. The standard InChI is InChI=1S/C14H12F4N2O/c1-2-21-7-8-4-3-5-9(6-8)19-12-10(15)13(17)20-14(18)11(12)16/h3-6H,2,7H2,1H3,(H,19,20). The van der Waals surface area contributed by atoms with Crippen LogP contribution in [-0.2, 0) is 11.3 Å². The Labute approximate surface area is 118 Å². The molecule has 0 amide bonds. The van der Waals surface area contributed by atoms with E-state index in [0.29, 0.717) is 13.2 Å². The zero-order chi connectivity index (χ0) is 15.4. The van der Waals surface area contributed by atoms with Crippen molar-refractivity contribution in [2.75, 3.05) is 11.9 Å². The molecule has 1 heterocycles. The Morgan fingerprint density at radius 3 is 2.38 bits per heavy atom. The van der Waals surface area contributed by atoms with Gasteiger partial charge in [-0.15, -0.1) is 0 Å². The van der Waals surface area contributed by atoms with E-state index in [2.05, 4.69) is 10.3 Å². The van der Waals surface area contributed by atoms with Gasteiger partial charge in [0, 0.05) is 12.3 Å². The second-order valence-electron chi connectivity index (χ2n) is 4.16. The summed E-state index contributed by atoms with van der Waals surface area (Å²) in [6.45, 7) is 2.66. The molecular weight excluding hydrogens is 288 g/mol. The van der Waals surface area contributed by atoms with Crippen molar-refractivity contribution in [3.8, 4) is 0 Å². The molecule has 7 heteroatoms. The molecule has 0 fully saturated rings. The Hall–Kier alpha value is -2.15. The van der Waals surface area contributed by atoms with Crippen molar-refractivity contribution in [2.24, 2.45) is 0 Å². The van der Waals surface area contributed by atoms with Gasteiger partial charge in [0.15, 0.2) is 0 Å². The Morgan fingerprint density at radius 2 is 1.76 bits per heavy atom. The van der Waals surface area contributed by atoms with Crippen LogP contribution in [0.5, 0.6) is 0 Å². The van der Waals surface area contributed by atoms with Gasteiger partial charge in [0.25, 0.3) is 11.9 Å². The van der Waals surface area contributed by atoms with E-state index in [1.165, 1.54) is 6.07 Å². The fourth-order valence-corrected chi connectivity index (χ4v) is 1.70. The Balaban J connectivity index is 2.30. The van der Waals surface area contributed by atoms with Gasteiger partial charge in [-0.2, -0.15) is 22.5 Å². The molecule has 0 aliphatic heterocycles. The maximum absolute atomic E-state index is 13.5. The molecule has 1 aromatic heterocycles. The molecule has 3 nitrogen and oxygen atoms in total. The summed E-state index contributed by atoms with van der Waals surface area (Å²) in [5.74, 6) is -6.57. The van der Waals surface area contributed by atoms with Crippen LogP contribution in [0, 0.1) is 23.5 Å². The fourth-order valence-electron chi connectivity index (χ4n) is 1.70. The van der Waals surface area contributed by atoms with E-state index in [1.807, 2.05) is 6.92 Å². The van der Waals surface area contributed by atoms with Crippen molar-refractivity contribution in [1.29, 1.82) is 0 Å². The van der Waals surface area contributed by atoms with E-state index in [4.69, 9.17) is 4.74 Å². The van der Waals surface area contributed by atoms with E-state index < -0.39 is 29.2 Å².